The molecular weight excluding hydrogens is 448 g/mol. The number of rotatable bonds is 8. The summed E-state index contributed by atoms with van der Waals surface area (Å²) in [5.41, 5.74) is 2.57. The molecule has 4 aromatic rings. The number of benzene rings is 2. The van der Waals surface area contributed by atoms with Crippen molar-refractivity contribution in [2.24, 2.45) is 0 Å². The molecule has 3 N–H and O–H groups in total. The van der Waals surface area contributed by atoms with E-state index in [2.05, 4.69) is 20.6 Å². The van der Waals surface area contributed by atoms with Crippen molar-refractivity contribution in [2.45, 2.75) is 6.42 Å². The third kappa shape index (κ3) is 5.41. The highest BCUT2D eigenvalue weighted by molar-refractivity contribution is 6.04. The summed E-state index contributed by atoms with van der Waals surface area (Å²) in [6.45, 7) is 0.473. The van der Waals surface area contributed by atoms with Crippen molar-refractivity contribution >= 4 is 35.0 Å². The fourth-order valence-electron chi connectivity index (χ4n) is 3.56. The molecule has 176 valence electrons. The van der Waals surface area contributed by atoms with Crippen LogP contribution >= 0.6 is 0 Å². The summed E-state index contributed by atoms with van der Waals surface area (Å²) in [6.07, 6.45) is 6.42. The number of H-pyrrole nitrogens is 1. The Balaban J connectivity index is 1.29. The lowest BCUT2D eigenvalue weighted by atomic mass is 10.1. The zero-order valence-corrected chi connectivity index (χ0v) is 18.6. The van der Waals surface area contributed by atoms with E-state index in [0.29, 0.717) is 35.8 Å². The fraction of sp³-hybridized carbons (Fsp3) is 0.115. The van der Waals surface area contributed by atoms with Crippen LogP contribution in [0.5, 0.6) is 11.5 Å². The van der Waals surface area contributed by atoms with Gasteiger partial charge in [0.15, 0.2) is 11.5 Å². The van der Waals surface area contributed by atoms with E-state index >= 15 is 0 Å². The van der Waals surface area contributed by atoms with E-state index in [9.17, 15) is 9.59 Å². The van der Waals surface area contributed by atoms with Crippen molar-refractivity contribution in [3.05, 3.63) is 89.8 Å². The number of nitrogens with zero attached hydrogens (tertiary/aromatic N) is 1. The summed E-state index contributed by atoms with van der Waals surface area (Å²) in [5, 5.41) is 5.49. The Bertz CT molecular complexity index is 1390. The smallest absolute Gasteiger partial charge is 0.267 e. The van der Waals surface area contributed by atoms with Gasteiger partial charge in [-0.15, -0.1) is 0 Å². The molecule has 0 unspecified atom stereocenters. The minimum Gasteiger partial charge on any atom is -0.465 e. The first-order valence-electron chi connectivity index (χ1n) is 11.0. The zero-order valence-electron chi connectivity index (χ0n) is 18.6. The summed E-state index contributed by atoms with van der Waals surface area (Å²) in [6, 6.07) is 16.4. The minimum absolute atomic E-state index is 0.0857. The van der Waals surface area contributed by atoms with Crippen LogP contribution in [-0.4, -0.2) is 35.1 Å². The van der Waals surface area contributed by atoms with Crippen LogP contribution in [0.2, 0.25) is 0 Å². The molecule has 0 fully saturated rings. The molecule has 2 aromatic heterocycles. The number of hydrogen-bond donors (Lipinski definition) is 3. The number of aromatic nitrogens is 2. The molecule has 0 aliphatic carbocycles. The molecule has 9 nitrogen and oxygen atoms in total. The zero-order chi connectivity index (χ0) is 24.0. The van der Waals surface area contributed by atoms with Gasteiger partial charge < -0.3 is 29.5 Å². The molecule has 9 heteroatoms. The first-order chi connectivity index (χ1) is 17.1. The number of carbonyl (C=O) groups excluding carboxylic acids is 2. The molecule has 2 aromatic carbocycles. The van der Waals surface area contributed by atoms with Gasteiger partial charge in [-0.25, -0.2) is 4.98 Å². The van der Waals surface area contributed by atoms with Gasteiger partial charge in [-0.1, -0.05) is 18.2 Å². The summed E-state index contributed by atoms with van der Waals surface area (Å²) in [4.78, 5) is 33.2. The van der Waals surface area contributed by atoms with Gasteiger partial charge in [0.25, 0.3) is 5.91 Å². The maximum Gasteiger partial charge on any atom is 0.267 e. The number of imidazole rings is 1. The first-order valence-corrected chi connectivity index (χ1v) is 11.0. The summed E-state index contributed by atoms with van der Waals surface area (Å²) in [5.74, 6) is 1.59. The first kappa shape index (κ1) is 22.0. The Morgan fingerprint density at radius 3 is 2.80 bits per heavy atom. The molecule has 0 atom stereocenters. The van der Waals surface area contributed by atoms with Gasteiger partial charge in [-0.3, -0.25) is 9.59 Å². The molecule has 0 radical (unpaired) electrons. The lowest BCUT2D eigenvalue weighted by molar-refractivity contribution is -0.121. The van der Waals surface area contributed by atoms with E-state index < -0.39 is 11.8 Å². The average Bonchev–Trinajstić information content (AvgIpc) is 3.62. The number of aromatic amines is 1. The normalized spacial score (nSPS) is 12.9. The van der Waals surface area contributed by atoms with Crippen LogP contribution in [-0.2, 0) is 16.0 Å². The number of ether oxygens (including phenoxy) is 2. The van der Waals surface area contributed by atoms with Crippen LogP contribution in [0.1, 0.15) is 17.1 Å². The maximum absolute atomic E-state index is 13.0. The second kappa shape index (κ2) is 10.0. The van der Waals surface area contributed by atoms with Crippen LogP contribution < -0.4 is 20.1 Å². The highest BCUT2D eigenvalue weighted by Gasteiger charge is 2.16. The molecule has 2 amide bonds. The lowest BCUT2D eigenvalue weighted by Crippen LogP contribution is -2.35. The molecular formula is C26H22N4O5. The Morgan fingerprint density at radius 2 is 1.94 bits per heavy atom. The number of nitrogens with one attached hydrogen (secondary N) is 3. The second-order valence-corrected chi connectivity index (χ2v) is 7.72. The summed E-state index contributed by atoms with van der Waals surface area (Å²) in [7, 11) is 0. The van der Waals surface area contributed by atoms with E-state index in [-0.39, 0.29) is 12.5 Å². The van der Waals surface area contributed by atoms with Crippen molar-refractivity contribution in [1.29, 1.82) is 0 Å². The Kier molecular flexibility index (Phi) is 6.29. The predicted molar refractivity (Wildman–Crippen MR) is 129 cm³/mol. The van der Waals surface area contributed by atoms with Crippen molar-refractivity contribution < 1.29 is 23.5 Å². The molecule has 3 heterocycles. The van der Waals surface area contributed by atoms with Crippen molar-refractivity contribution in [2.75, 3.05) is 13.3 Å². The summed E-state index contributed by atoms with van der Waals surface area (Å²) < 4.78 is 15.9. The largest absolute Gasteiger partial charge is 0.465 e. The van der Waals surface area contributed by atoms with Gasteiger partial charge in [-0.2, -0.15) is 0 Å². The molecule has 0 bridgehead atoms. The van der Waals surface area contributed by atoms with Crippen molar-refractivity contribution in [3.8, 4) is 11.5 Å². The monoisotopic (exact) mass is 470 g/mol. The van der Waals surface area contributed by atoms with Gasteiger partial charge in [0.1, 0.15) is 17.3 Å². The highest BCUT2D eigenvalue weighted by atomic mass is 16.7. The average molecular weight is 470 g/mol. The van der Waals surface area contributed by atoms with E-state index in [1.54, 1.807) is 36.4 Å². The quantitative estimate of drug-likeness (QED) is 0.340. The van der Waals surface area contributed by atoms with E-state index in [1.807, 2.05) is 24.3 Å². The molecule has 0 saturated carbocycles. The van der Waals surface area contributed by atoms with Crippen molar-refractivity contribution in [3.63, 3.8) is 0 Å². The Labute approximate surface area is 200 Å². The molecule has 1 aliphatic heterocycles. The van der Waals surface area contributed by atoms with Crippen LogP contribution in [0.25, 0.3) is 23.2 Å². The van der Waals surface area contributed by atoms with Gasteiger partial charge in [0, 0.05) is 19.0 Å². The van der Waals surface area contributed by atoms with Crippen LogP contribution in [0.3, 0.4) is 0 Å². The topological polar surface area (TPSA) is 118 Å². The number of carbonyl (C=O) groups is 2. The van der Waals surface area contributed by atoms with E-state index in [4.69, 9.17) is 13.9 Å². The third-order valence-corrected chi connectivity index (χ3v) is 5.24. The maximum atomic E-state index is 13.0. The van der Waals surface area contributed by atoms with Crippen molar-refractivity contribution in [1.82, 2.24) is 20.6 Å². The van der Waals surface area contributed by atoms with Gasteiger partial charge in [0.05, 0.1) is 17.3 Å². The van der Waals surface area contributed by atoms with Gasteiger partial charge >= 0.3 is 0 Å². The van der Waals surface area contributed by atoms with Crippen LogP contribution in [0.4, 0.5) is 0 Å². The number of amides is 2. The van der Waals surface area contributed by atoms with Gasteiger partial charge in [0.2, 0.25) is 12.7 Å². The number of para-hydroxylation sites is 2. The Hall–Kier alpha value is -4.79. The number of fused-ring (bicyclic) bond motifs is 2. The molecule has 5 rings (SSSR count). The fourth-order valence-corrected chi connectivity index (χ4v) is 3.56. The van der Waals surface area contributed by atoms with E-state index in [1.165, 1.54) is 18.4 Å². The standard InChI is InChI=1S/C26H22N4O5/c31-25(10-8-18-4-3-13-33-18)30-21(14-17-7-9-22-23(15-17)35-16-34-22)26(32)27-12-11-24-28-19-5-1-2-6-20(19)29-24/h1-10,13-15H,11-12,16H2,(H,27,32)(H,28,29)(H,30,31)/b10-8+,21-14-. The predicted octanol–water partition coefficient (Wildman–Crippen LogP) is 3.41. The second-order valence-electron chi connectivity index (χ2n) is 7.72. The number of hydrogen-bond acceptors (Lipinski definition) is 6. The Morgan fingerprint density at radius 1 is 1.06 bits per heavy atom. The SMILES string of the molecule is O=C(/C=C/c1ccco1)N/C(=C\c1ccc2c(c1)OCO2)C(=O)NCCc1nc2ccccc2[nH]1. The molecule has 0 saturated heterocycles. The minimum atomic E-state index is -0.471. The molecule has 0 spiro atoms. The van der Waals surface area contributed by atoms with Crippen LogP contribution in [0, 0.1) is 0 Å². The van der Waals surface area contributed by atoms with Crippen LogP contribution in [0.15, 0.2) is 77.1 Å². The lowest BCUT2D eigenvalue weighted by Gasteiger charge is -2.10. The highest BCUT2D eigenvalue weighted by Crippen LogP contribution is 2.33. The molecule has 1 aliphatic rings. The number of furan rings is 1. The van der Waals surface area contributed by atoms with E-state index in [0.717, 1.165) is 16.9 Å². The van der Waals surface area contributed by atoms with Gasteiger partial charge in [-0.05, 0) is 54.1 Å². The third-order valence-electron chi connectivity index (χ3n) is 5.24. The summed E-state index contributed by atoms with van der Waals surface area (Å²) >= 11 is 0. The molecule has 35 heavy (non-hydrogen) atoms.